The van der Waals surface area contributed by atoms with Gasteiger partial charge in [-0.25, -0.2) is 4.98 Å². The predicted molar refractivity (Wildman–Crippen MR) is 102 cm³/mol. The van der Waals surface area contributed by atoms with Crippen LogP contribution in [-0.2, 0) is 24.3 Å². The van der Waals surface area contributed by atoms with Crippen LogP contribution in [0.1, 0.15) is 17.0 Å². The van der Waals surface area contributed by atoms with Gasteiger partial charge in [-0.05, 0) is 36.0 Å². The Balaban J connectivity index is 1.53. The molecule has 1 atom stereocenters. The van der Waals surface area contributed by atoms with Crippen LogP contribution in [0.5, 0.6) is 0 Å². The smallest absolute Gasteiger partial charge is 0.268 e. The summed E-state index contributed by atoms with van der Waals surface area (Å²) in [5, 5.41) is 1.85. The third kappa shape index (κ3) is 3.04. The van der Waals surface area contributed by atoms with Crippen molar-refractivity contribution in [2.75, 3.05) is 14.1 Å². The summed E-state index contributed by atoms with van der Waals surface area (Å²) in [6, 6.07) is 9.87. The first-order chi connectivity index (χ1) is 12.5. The number of aromatic nitrogens is 2. The van der Waals surface area contributed by atoms with E-state index in [1.807, 2.05) is 30.6 Å². The highest BCUT2D eigenvalue weighted by molar-refractivity contribution is 7.17. The number of H-pyrrole nitrogens is 1. The fourth-order valence-corrected chi connectivity index (χ4v) is 4.21. The van der Waals surface area contributed by atoms with Crippen LogP contribution < -0.4 is 5.56 Å². The number of benzene rings is 1. The van der Waals surface area contributed by atoms with E-state index in [9.17, 15) is 9.59 Å². The minimum absolute atomic E-state index is 0.0371. The van der Waals surface area contributed by atoms with Gasteiger partial charge in [0.15, 0.2) is 0 Å². The molecule has 0 saturated heterocycles. The molecule has 0 radical (unpaired) electrons. The fourth-order valence-electron chi connectivity index (χ4n) is 3.48. The molecule has 0 aliphatic carbocycles. The van der Waals surface area contributed by atoms with Gasteiger partial charge in [-0.15, -0.1) is 11.3 Å². The zero-order chi connectivity index (χ0) is 18.3. The highest BCUT2D eigenvalue weighted by atomic mass is 32.1. The Morgan fingerprint density at radius 1 is 1.35 bits per heavy atom. The Kier molecular flexibility index (Phi) is 4.34. The number of carbonyl (C=O) groups excluding carboxylic acids is 1. The molecule has 1 aliphatic heterocycles. The van der Waals surface area contributed by atoms with Crippen LogP contribution in [0.2, 0.25) is 0 Å². The Hall–Kier alpha value is -2.51. The van der Waals surface area contributed by atoms with Gasteiger partial charge in [0.25, 0.3) is 5.56 Å². The van der Waals surface area contributed by atoms with Gasteiger partial charge >= 0.3 is 0 Å². The van der Waals surface area contributed by atoms with Crippen LogP contribution in [0.4, 0.5) is 0 Å². The van der Waals surface area contributed by atoms with Crippen LogP contribution >= 0.6 is 11.3 Å². The number of carbonyl (C=O) groups is 1. The number of rotatable bonds is 3. The second kappa shape index (κ2) is 6.66. The maximum absolute atomic E-state index is 13.0. The molecule has 0 spiro atoms. The molecule has 2 aromatic heterocycles. The summed E-state index contributed by atoms with van der Waals surface area (Å²) in [6.45, 7) is 1.04. The molecule has 0 fully saturated rings. The molecule has 1 N–H and O–H groups in total. The summed E-state index contributed by atoms with van der Waals surface area (Å²) in [5.74, 6) is 0.547. The number of nitrogens with one attached hydrogen (secondary N) is 1. The highest BCUT2D eigenvalue weighted by Crippen LogP contribution is 2.23. The van der Waals surface area contributed by atoms with Crippen molar-refractivity contribution in [2.24, 2.45) is 0 Å². The van der Waals surface area contributed by atoms with Crippen LogP contribution in [0, 0.1) is 0 Å². The van der Waals surface area contributed by atoms with E-state index < -0.39 is 0 Å². The molecule has 0 bridgehead atoms. The third-order valence-corrected chi connectivity index (χ3v) is 5.80. The largest absolute Gasteiger partial charge is 0.337 e. The van der Waals surface area contributed by atoms with Crippen molar-refractivity contribution >= 4 is 27.5 Å². The Morgan fingerprint density at radius 2 is 2.12 bits per heavy atom. The van der Waals surface area contributed by atoms with Crippen molar-refractivity contribution in [1.29, 1.82) is 0 Å². The van der Waals surface area contributed by atoms with Gasteiger partial charge in [-0.3, -0.25) is 14.5 Å². The minimum Gasteiger partial charge on any atom is -0.337 e. The molecular weight excluding hydrogens is 348 g/mol. The number of hydrogen-bond acceptors (Lipinski definition) is 5. The fraction of sp³-hybridized carbons (Fsp3) is 0.316. The molecule has 3 aromatic rings. The maximum atomic E-state index is 13.0. The first kappa shape index (κ1) is 16.9. The van der Waals surface area contributed by atoms with Crippen molar-refractivity contribution in [1.82, 2.24) is 19.8 Å². The number of hydrogen-bond donors (Lipinski definition) is 1. The van der Waals surface area contributed by atoms with Gasteiger partial charge in [0.1, 0.15) is 10.5 Å². The standard InChI is InChI=1S/C19H20N4O2S/c1-22-10-13-6-4-3-5-12(13)9-15(22)19(25)23(2)11-16-20-14-7-8-26-17(14)18(24)21-16/h3-8,15H,9-11H2,1-2H3,(H,20,21,24)/t15-/m1/s1. The lowest BCUT2D eigenvalue weighted by Gasteiger charge is -2.35. The lowest BCUT2D eigenvalue weighted by molar-refractivity contribution is -0.136. The topological polar surface area (TPSA) is 69.3 Å². The Morgan fingerprint density at radius 3 is 2.92 bits per heavy atom. The second-order valence-corrected chi connectivity index (χ2v) is 7.66. The molecule has 1 amide bonds. The Bertz CT molecular complexity index is 1030. The SMILES string of the molecule is CN(Cc1nc2ccsc2c(=O)[nH]1)C(=O)[C@H]1Cc2ccccc2CN1C. The van der Waals surface area contributed by atoms with E-state index >= 15 is 0 Å². The van der Waals surface area contributed by atoms with Gasteiger partial charge in [0.05, 0.1) is 18.1 Å². The van der Waals surface area contributed by atoms with Crippen molar-refractivity contribution in [2.45, 2.75) is 25.6 Å². The summed E-state index contributed by atoms with van der Waals surface area (Å²) in [5.41, 5.74) is 3.03. The zero-order valence-electron chi connectivity index (χ0n) is 14.7. The minimum atomic E-state index is -0.202. The summed E-state index contributed by atoms with van der Waals surface area (Å²) in [4.78, 5) is 36.1. The first-order valence-electron chi connectivity index (χ1n) is 8.51. The van der Waals surface area contributed by atoms with Crippen LogP contribution in [0.15, 0.2) is 40.5 Å². The van der Waals surface area contributed by atoms with Crippen molar-refractivity contribution in [3.05, 3.63) is 63.0 Å². The van der Waals surface area contributed by atoms with Gasteiger partial charge in [-0.2, -0.15) is 0 Å². The third-order valence-electron chi connectivity index (χ3n) is 4.90. The highest BCUT2D eigenvalue weighted by Gasteiger charge is 2.31. The zero-order valence-corrected chi connectivity index (χ0v) is 15.5. The molecule has 26 heavy (non-hydrogen) atoms. The van der Waals surface area contributed by atoms with Crippen LogP contribution in [0.25, 0.3) is 10.2 Å². The number of likely N-dealkylation sites (N-methyl/N-ethyl adjacent to an activating group) is 2. The predicted octanol–water partition coefficient (Wildman–Crippen LogP) is 2.00. The molecule has 7 heteroatoms. The number of nitrogens with zero attached hydrogens (tertiary/aromatic N) is 3. The van der Waals surface area contributed by atoms with E-state index in [2.05, 4.69) is 27.0 Å². The monoisotopic (exact) mass is 368 g/mol. The lowest BCUT2D eigenvalue weighted by Crippen LogP contribution is -2.49. The first-order valence-corrected chi connectivity index (χ1v) is 9.39. The molecule has 0 saturated carbocycles. The normalized spacial score (nSPS) is 17.2. The number of amides is 1. The molecule has 6 nitrogen and oxygen atoms in total. The second-order valence-electron chi connectivity index (χ2n) is 6.75. The van der Waals surface area contributed by atoms with E-state index in [0.29, 0.717) is 22.5 Å². The van der Waals surface area contributed by atoms with E-state index in [4.69, 9.17) is 0 Å². The number of fused-ring (bicyclic) bond motifs is 2. The van der Waals surface area contributed by atoms with Gasteiger partial charge in [0, 0.05) is 13.6 Å². The van der Waals surface area contributed by atoms with Crippen molar-refractivity contribution in [3.8, 4) is 0 Å². The lowest BCUT2D eigenvalue weighted by atomic mass is 9.94. The van der Waals surface area contributed by atoms with Gasteiger partial charge in [0.2, 0.25) is 5.91 Å². The quantitative estimate of drug-likeness (QED) is 0.768. The number of aromatic amines is 1. The van der Waals surface area contributed by atoms with E-state index in [-0.39, 0.29) is 24.1 Å². The van der Waals surface area contributed by atoms with Gasteiger partial charge < -0.3 is 9.88 Å². The summed E-state index contributed by atoms with van der Waals surface area (Å²) >= 11 is 1.37. The molecule has 1 aliphatic rings. The summed E-state index contributed by atoms with van der Waals surface area (Å²) < 4.78 is 0.617. The molecule has 0 unspecified atom stereocenters. The van der Waals surface area contributed by atoms with Gasteiger partial charge in [-0.1, -0.05) is 24.3 Å². The summed E-state index contributed by atoms with van der Waals surface area (Å²) in [6.07, 6.45) is 0.698. The molecule has 1 aromatic carbocycles. The van der Waals surface area contributed by atoms with E-state index in [0.717, 1.165) is 6.54 Å². The molecule has 4 rings (SSSR count). The van der Waals surface area contributed by atoms with Crippen LogP contribution in [-0.4, -0.2) is 45.8 Å². The number of thiophene rings is 1. The molecule has 134 valence electrons. The van der Waals surface area contributed by atoms with Crippen molar-refractivity contribution < 1.29 is 4.79 Å². The van der Waals surface area contributed by atoms with E-state index in [1.54, 1.807) is 11.9 Å². The van der Waals surface area contributed by atoms with E-state index in [1.165, 1.54) is 22.5 Å². The summed E-state index contributed by atoms with van der Waals surface area (Å²) in [7, 11) is 3.73. The maximum Gasteiger partial charge on any atom is 0.268 e. The van der Waals surface area contributed by atoms with Crippen molar-refractivity contribution in [3.63, 3.8) is 0 Å². The average Bonchev–Trinajstić information content (AvgIpc) is 3.09. The molecular formula is C19H20N4O2S. The average molecular weight is 368 g/mol. The molecule has 3 heterocycles. The Labute approximate surface area is 155 Å². The van der Waals surface area contributed by atoms with Crippen LogP contribution in [0.3, 0.4) is 0 Å².